The molecule has 0 saturated carbocycles. The van der Waals surface area contributed by atoms with Gasteiger partial charge >= 0.3 is 6.09 Å². The molecule has 1 N–H and O–H groups in total. The molecule has 1 unspecified atom stereocenters. The van der Waals surface area contributed by atoms with Gasteiger partial charge in [-0.05, 0) is 33.8 Å². The van der Waals surface area contributed by atoms with Crippen LogP contribution in [-0.4, -0.2) is 23.0 Å². The molecule has 0 spiro atoms. The van der Waals surface area contributed by atoms with Gasteiger partial charge in [0.1, 0.15) is 17.4 Å². The molecule has 0 aliphatic carbocycles. The average Bonchev–Trinajstić information content (AvgIpc) is 2.26. The molecule has 0 bridgehead atoms. The topological polar surface area (TPSA) is 68.3 Å². The molecule has 1 rings (SSSR count). The summed E-state index contributed by atoms with van der Waals surface area (Å²) in [5.41, 5.74) is -1.44. The number of aldehydes is 1. The van der Waals surface area contributed by atoms with E-state index in [0.29, 0.717) is 16.9 Å². The van der Waals surface area contributed by atoms with Crippen LogP contribution in [0.15, 0.2) is 18.5 Å². The third-order valence-electron chi connectivity index (χ3n) is 2.33. The van der Waals surface area contributed by atoms with Crippen LogP contribution in [-0.2, 0) is 15.1 Å². The first-order valence-corrected chi connectivity index (χ1v) is 6.13. The minimum Gasteiger partial charge on any atom is -0.444 e. The highest BCUT2D eigenvalue weighted by Gasteiger charge is 2.32. The van der Waals surface area contributed by atoms with E-state index < -0.39 is 17.2 Å². The molecular weight excluding hydrogens is 268 g/mol. The lowest BCUT2D eigenvalue weighted by Crippen LogP contribution is -2.47. The smallest absolute Gasteiger partial charge is 0.408 e. The monoisotopic (exact) mass is 284 g/mol. The van der Waals surface area contributed by atoms with Gasteiger partial charge in [-0.3, -0.25) is 4.98 Å². The first-order valence-electron chi connectivity index (χ1n) is 5.75. The molecule has 1 aromatic rings. The van der Waals surface area contributed by atoms with Crippen LogP contribution in [0.3, 0.4) is 0 Å². The van der Waals surface area contributed by atoms with Crippen molar-refractivity contribution in [2.24, 2.45) is 0 Å². The van der Waals surface area contributed by atoms with E-state index in [1.807, 2.05) is 0 Å². The average molecular weight is 285 g/mol. The Balaban J connectivity index is 2.97. The van der Waals surface area contributed by atoms with Crippen LogP contribution in [0, 0.1) is 0 Å². The zero-order chi connectivity index (χ0) is 14.7. The van der Waals surface area contributed by atoms with Gasteiger partial charge in [-0.2, -0.15) is 0 Å². The van der Waals surface area contributed by atoms with Gasteiger partial charge in [0.05, 0.1) is 5.02 Å². The van der Waals surface area contributed by atoms with E-state index in [0.717, 1.165) is 0 Å². The van der Waals surface area contributed by atoms with E-state index in [-0.39, 0.29) is 0 Å². The van der Waals surface area contributed by atoms with Crippen molar-refractivity contribution in [2.45, 2.75) is 38.8 Å². The van der Waals surface area contributed by atoms with E-state index in [9.17, 15) is 9.59 Å². The molecule has 19 heavy (non-hydrogen) atoms. The molecule has 0 saturated heterocycles. The summed E-state index contributed by atoms with van der Waals surface area (Å²) in [6.07, 6.45) is 2.84. The normalized spacial score (nSPS) is 14.4. The number of hydrogen-bond donors (Lipinski definition) is 1. The fourth-order valence-corrected chi connectivity index (χ4v) is 1.79. The molecule has 1 aromatic heterocycles. The van der Waals surface area contributed by atoms with Gasteiger partial charge in [-0.1, -0.05) is 11.6 Å². The zero-order valence-electron chi connectivity index (χ0n) is 11.4. The molecule has 0 radical (unpaired) electrons. The Morgan fingerprint density at radius 2 is 2.05 bits per heavy atom. The maximum atomic E-state index is 11.8. The fraction of sp³-hybridized carbons (Fsp3) is 0.462. The van der Waals surface area contributed by atoms with Crippen LogP contribution in [0.2, 0.25) is 5.02 Å². The highest BCUT2D eigenvalue weighted by molar-refractivity contribution is 6.31. The van der Waals surface area contributed by atoms with Gasteiger partial charge in [0.25, 0.3) is 0 Å². The summed E-state index contributed by atoms with van der Waals surface area (Å²) in [5, 5.41) is 2.81. The SMILES string of the molecule is CC(C)(C)OC(=O)NC(C)(C=O)c1ccncc1Cl. The summed E-state index contributed by atoms with van der Waals surface area (Å²) in [6, 6.07) is 1.58. The number of aromatic nitrogens is 1. The van der Waals surface area contributed by atoms with Crippen LogP contribution < -0.4 is 5.32 Å². The first kappa shape index (κ1) is 15.4. The third kappa shape index (κ3) is 4.21. The lowest BCUT2D eigenvalue weighted by molar-refractivity contribution is -0.113. The summed E-state index contributed by atoms with van der Waals surface area (Å²) >= 11 is 5.99. The van der Waals surface area contributed by atoms with Crippen molar-refractivity contribution in [1.29, 1.82) is 0 Å². The van der Waals surface area contributed by atoms with Crippen molar-refractivity contribution in [3.8, 4) is 0 Å². The molecule has 0 aliphatic heterocycles. The number of carbonyl (C=O) groups excluding carboxylic acids is 2. The number of nitrogens with one attached hydrogen (secondary N) is 1. The quantitative estimate of drug-likeness (QED) is 0.867. The number of pyridine rings is 1. The number of hydrogen-bond acceptors (Lipinski definition) is 4. The predicted octanol–water partition coefficient (Wildman–Crippen LogP) is 2.67. The number of carbonyl (C=O) groups is 2. The van der Waals surface area contributed by atoms with E-state index in [2.05, 4.69) is 10.3 Å². The molecule has 0 aliphatic rings. The Bertz CT molecular complexity index is 485. The summed E-state index contributed by atoms with van der Waals surface area (Å²) in [5.74, 6) is 0. The summed E-state index contributed by atoms with van der Waals surface area (Å²) in [4.78, 5) is 26.9. The van der Waals surface area contributed by atoms with Gasteiger partial charge in [0.15, 0.2) is 0 Å². The fourth-order valence-electron chi connectivity index (χ4n) is 1.47. The zero-order valence-corrected chi connectivity index (χ0v) is 12.1. The van der Waals surface area contributed by atoms with E-state index in [4.69, 9.17) is 16.3 Å². The van der Waals surface area contributed by atoms with Gasteiger partial charge in [0.2, 0.25) is 0 Å². The van der Waals surface area contributed by atoms with E-state index in [1.165, 1.54) is 12.4 Å². The maximum absolute atomic E-state index is 11.8. The molecule has 1 heterocycles. The van der Waals surface area contributed by atoms with Crippen molar-refractivity contribution in [2.75, 3.05) is 0 Å². The Labute approximate surface area is 117 Å². The standard InChI is InChI=1S/C13H17ClN2O3/c1-12(2,3)19-11(18)16-13(4,8-17)9-5-6-15-7-10(9)14/h5-8H,1-4H3,(H,16,18). The van der Waals surface area contributed by atoms with Crippen LogP contribution in [0.25, 0.3) is 0 Å². The molecular formula is C13H17ClN2O3. The van der Waals surface area contributed by atoms with Crippen LogP contribution in [0.5, 0.6) is 0 Å². The van der Waals surface area contributed by atoms with Crippen molar-refractivity contribution >= 4 is 24.0 Å². The second-order valence-corrected chi connectivity index (χ2v) is 5.71. The summed E-state index contributed by atoms with van der Waals surface area (Å²) < 4.78 is 5.13. The minimum absolute atomic E-state index is 0.299. The van der Waals surface area contributed by atoms with E-state index >= 15 is 0 Å². The maximum Gasteiger partial charge on any atom is 0.408 e. The molecule has 1 amide bonds. The highest BCUT2D eigenvalue weighted by Crippen LogP contribution is 2.26. The molecule has 0 fully saturated rings. The Morgan fingerprint density at radius 3 is 2.53 bits per heavy atom. The van der Waals surface area contributed by atoms with E-state index in [1.54, 1.807) is 33.8 Å². The Morgan fingerprint density at radius 1 is 1.42 bits per heavy atom. The Hall–Kier alpha value is -1.62. The molecule has 0 aromatic carbocycles. The lowest BCUT2D eigenvalue weighted by Gasteiger charge is -2.28. The number of ether oxygens (including phenoxy) is 1. The number of halogens is 1. The van der Waals surface area contributed by atoms with Crippen LogP contribution in [0.4, 0.5) is 4.79 Å². The largest absolute Gasteiger partial charge is 0.444 e. The van der Waals surface area contributed by atoms with Crippen molar-refractivity contribution in [3.05, 3.63) is 29.0 Å². The molecule has 6 heteroatoms. The van der Waals surface area contributed by atoms with Crippen molar-refractivity contribution in [1.82, 2.24) is 10.3 Å². The van der Waals surface area contributed by atoms with Gasteiger partial charge < -0.3 is 14.8 Å². The van der Waals surface area contributed by atoms with Gasteiger partial charge in [0, 0.05) is 18.0 Å². The van der Waals surface area contributed by atoms with Gasteiger partial charge in [-0.15, -0.1) is 0 Å². The molecule has 104 valence electrons. The van der Waals surface area contributed by atoms with Crippen molar-refractivity contribution < 1.29 is 14.3 Å². The van der Waals surface area contributed by atoms with Crippen LogP contribution >= 0.6 is 11.6 Å². The van der Waals surface area contributed by atoms with Crippen LogP contribution in [0.1, 0.15) is 33.3 Å². The summed E-state index contributed by atoms with van der Waals surface area (Å²) in [7, 11) is 0. The lowest BCUT2D eigenvalue weighted by atomic mass is 9.95. The second-order valence-electron chi connectivity index (χ2n) is 5.30. The number of alkyl carbamates (subject to hydrolysis) is 1. The highest BCUT2D eigenvalue weighted by atomic mass is 35.5. The molecule has 5 nitrogen and oxygen atoms in total. The minimum atomic E-state index is -1.26. The number of nitrogens with zero attached hydrogens (tertiary/aromatic N) is 1. The number of rotatable bonds is 3. The first-order chi connectivity index (χ1) is 8.68. The predicted molar refractivity (Wildman–Crippen MR) is 72.0 cm³/mol. The van der Waals surface area contributed by atoms with Crippen molar-refractivity contribution in [3.63, 3.8) is 0 Å². The number of amides is 1. The second kappa shape index (κ2) is 5.57. The molecule has 1 atom stereocenters. The van der Waals surface area contributed by atoms with Gasteiger partial charge in [-0.25, -0.2) is 4.79 Å². The summed E-state index contributed by atoms with van der Waals surface area (Å²) in [6.45, 7) is 6.77. The Kier molecular flexibility index (Phi) is 4.52. The third-order valence-corrected chi connectivity index (χ3v) is 2.63.